The minimum absolute atomic E-state index is 0.115. The molecule has 2 unspecified atom stereocenters. The van der Waals surface area contributed by atoms with Crippen LogP contribution in [0.1, 0.15) is 99.4 Å². The van der Waals surface area contributed by atoms with E-state index in [2.05, 4.69) is 87.2 Å². The molecule has 4 aromatic rings. The van der Waals surface area contributed by atoms with Gasteiger partial charge in [0.15, 0.2) is 0 Å². The number of rotatable bonds is 10. The number of anilines is 1. The normalized spacial score (nSPS) is 22.4. The number of methoxy groups -OCH3 is 2. The first kappa shape index (κ1) is 40.0. The van der Waals surface area contributed by atoms with E-state index >= 15 is 0 Å². The van der Waals surface area contributed by atoms with Crippen LogP contribution in [0.15, 0.2) is 84.1 Å². The van der Waals surface area contributed by atoms with E-state index in [4.69, 9.17) is 19.5 Å². The molecule has 6 heterocycles. The zero-order valence-electron chi connectivity index (χ0n) is 35.0. The molecule has 6 atom stereocenters. The molecule has 0 aliphatic carbocycles. The first-order valence-corrected chi connectivity index (χ1v) is 21.4. The van der Waals surface area contributed by atoms with Crippen molar-refractivity contribution >= 4 is 41.0 Å². The summed E-state index contributed by atoms with van der Waals surface area (Å²) in [6.45, 7) is 4.58. The predicted octanol–water partition coefficient (Wildman–Crippen LogP) is 7.47. The summed E-state index contributed by atoms with van der Waals surface area (Å²) >= 11 is 0. The van der Waals surface area contributed by atoms with E-state index in [-0.39, 0.29) is 36.0 Å². The number of fused-ring (bicyclic) bond motifs is 5. The maximum atomic E-state index is 13.5. The van der Waals surface area contributed by atoms with Crippen molar-refractivity contribution in [1.82, 2.24) is 30.4 Å². The molecule has 3 saturated heterocycles. The Morgan fingerprint density at radius 3 is 1.92 bits per heavy atom. The minimum atomic E-state index is -0.714. The van der Waals surface area contributed by atoms with Gasteiger partial charge < -0.3 is 39.8 Å². The van der Waals surface area contributed by atoms with Gasteiger partial charge in [-0.1, -0.05) is 54.6 Å². The largest absolute Gasteiger partial charge is 0.453 e. The Morgan fingerprint density at radius 2 is 1.28 bits per heavy atom. The molecule has 2 bridgehead atoms. The number of para-hydroxylation sites is 1. The Bertz CT molecular complexity index is 2410. The first-order chi connectivity index (χ1) is 29.6. The lowest BCUT2D eigenvalue weighted by Gasteiger charge is -2.28. The van der Waals surface area contributed by atoms with Gasteiger partial charge in [-0.15, -0.1) is 0 Å². The average Bonchev–Trinajstić information content (AvgIpc) is 4.16. The molecule has 3 aromatic carbocycles. The van der Waals surface area contributed by atoms with Crippen molar-refractivity contribution in [2.75, 3.05) is 32.2 Å². The fraction of sp³-hybridized carbons (Fsp3) is 0.404. The van der Waals surface area contributed by atoms with Crippen molar-refractivity contribution in [2.45, 2.75) is 95.0 Å². The molecule has 14 heteroatoms. The maximum absolute atomic E-state index is 13.5. The monoisotopic (exact) mass is 824 g/mol. The predicted molar refractivity (Wildman–Crippen MR) is 232 cm³/mol. The summed E-state index contributed by atoms with van der Waals surface area (Å²) < 4.78 is 9.43. The second-order valence-electron chi connectivity index (χ2n) is 16.6. The van der Waals surface area contributed by atoms with Crippen molar-refractivity contribution < 1.29 is 28.7 Å². The molecular weight excluding hydrogens is 773 g/mol. The van der Waals surface area contributed by atoms with E-state index < -0.39 is 24.3 Å². The van der Waals surface area contributed by atoms with Gasteiger partial charge >= 0.3 is 12.2 Å². The van der Waals surface area contributed by atoms with Gasteiger partial charge in [0.05, 0.1) is 50.3 Å². The van der Waals surface area contributed by atoms with Crippen LogP contribution in [0.3, 0.4) is 0 Å². The van der Waals surface area contributed by atoms with Gasteiger partial charge in [-0.2, -0.15) is 0 Å². The molecule has 61 heavy (non-hydrogen) atoms. The summed E-state index contributed by atoms with van der Waals surface area (Å²) in [6.07, 6.45) is 8.72. The van der Waals surface area contributed by atoms with Crippen LogP contribution in [0, 0.1) is 0 Å². The van der Waals surface area contributed by atoms with Gasteiger partial charge in [0.1, 0.15) is 17.9 Å². The van der Waals surface area contributed by atoms with E-state index in [1.165, 1.54) is 47.7 Å². The topological polar surface area (TPSA) is 162 Å². The molecule has 4 amide bonds. The van der Waals surface area contributed by atoms with Crippen LogP contribution in [-0.2, 0) is 19.1 Å². The zero-order chi connectivity index (χ0) is 42.4. The summed E-state index contributed by atoms with van der Waals surface area (Å²) in [7, 11) is 2.57. The Hall–Kier alpha value is -6.44. The quantitative estimate of drug-likeness (QED) is 0.149. The van der Waals surface area contributed by atoms with Crippen LogP contribution in [-0.4, -0.2) is 94.9 Å². The number of hydrogen-bond acceptors (Lipinski definition) is 9. The molecule has 0 saturated carbocycles. The highest BCUT2D eigenvalue weighted by molar-refractivity contribution is 6.04. The number of nitrogens with zero attached hydrogens (tertiary/aromatic N) is 5. The Balaban J connectivity index is 0.975. The van der Waals surface area contributed by atoms with Gasteiger partial charge in [-0.05, 0) is 103 Å². The second-order valence-corrected chi connectivity index (χ2v) is 16.6. The molecule has 316 valence electrons. The van der Waals surface area contributed by atoms with E-state index in [1.54, 1.807) is 18.7 Å². The molecule has 14 nitrogen and oxygen atoms in total. The Labute approximate surface area is 355 Å². The van der Waals surface area contributed by atoms with Crippen LogP contribution in [0.4, 0.5) is 15.3 Å². The van der Waals surface area contributed by atoms with Gasteiger partial charge in [-0.25, -0.2) is 14.6 Å². The van der Waals surface area contributed by atoms with Crippen LogP contribution >= 0.6 is 0 Å². The number of carbonyl (C=O) groups is 4. The number of amides is 4. The maximum Gasteiger partial charge on any atom is 0.407 e. The van der Waals surface area contributed by atoms with Crippen LogP contribution in [0.5, 0.6) is 0 Å². The number of imidazole rings is 1. The van der Waals surface area contributed by atoms with E-state index in [0.29, 0.717) is 19.5 Å². The smallest absolute Gasteiger partial charge is 0.407 e. The third kappa shape index (κ3) is 7.31. The van der Waals surface area contributed by atoms with Gasteiger partial charge in [0.2, 0.25) is 11.8 Å². The average molecular weight is 825 g/mol. The number of hydrogen-bond donors (Lipinski definition) is 3. The minimum Gasteiger partial charge on any atom is -0.453 e. The molecule has 5 aliphatic rings. The summed E-state index contributed by atoms with van der Waals surface area (Å²) in [5.41, 5.74) is 11.6. The fourth-order valence-corrected chi connectivity index (χ4v) is 10.3. The molecular formula is C47H52N8O6. The molecule has 9 rings (SSSR count). The second kappa shape index (κ2) is 16.5. The number of aliphatic imine (C=N–C) groups is 1. The van der Waals surface area contributed by atoms with E-state index in [0.717, 1.165) is 66.9 Å². The van der Waals surface area contributed by atoms with Crippen molar-refractivity contribution in [2.24, 2.45) is 4.99 Å². The van der Waals surface area contributed by atoms with E-state index in [1.807, 2.05) is 17.3 Å². The molecule has 0 radical (unpaired) electrons. The van der Waals surface area contributed by atoms with Crippen LogP contribution < -0.4 is 15.5 Å². The number of alkyl carbamates (subject to hydrolysis) is 2. The molecule has 3 fully saturated rings. The number of nitrogens with one attached hydrogen (secondary N) is 3. The van der Waals surface area contributed by atoms with Gasteiger partial charge in [0.25, 0.3) is 0 Å². The standard InChI is InChI=1S/C47H52N8O6/c1-27(50-46(58)60-3)44(56)53-22-8-12-37(53)35-24-31(25-48-35)34-19-18-33(41-38-20-21-39(42(34)41)55(38)32-10-6-5-7-11-32)29-14-16-30(17-15-29)36-26-49-43(52-36)40-13-9-23-54(40)45(57)28(2)51-47(59)61-4/h5-7,10-11,14-19,25-28,37-40H,8-9,12-13,20-24H2,1-4H3,(H,49,52)(H,50,58)(H,51,59)/t27-,28-,37-,38?,39?,40-/m0/s1. The van der Waals surface area contributed by atoms with Crippen LogP contribution in [0.25, 0.3) is 28.0 Å². The number of allylic oxidation sites excluding steroid dienone is 1. The lowest BCUT2D eigenvalue weighted by atomic mass is 9.81. The van der Waals surface area contributed by atoms with Gasteiger partial charge in [-0.3, -0.25) is 14.6 Å². The highest BCUT2D eigenvalue weighted by Gasteiger charge is 2.47. The first-order valence-electron chi connectivity index (χ1n) is 21.4. The van der Waals surface area contributed by atoms with Crippen molar-refractivity contribution in [1.29, 1.82) is 0 Å². The summed E-state index contributed by atoms with van der Waals surface area (Å²) in [5.74, 6) is 0.433. The van der Waals surface area contributed by atoms with Gasteiger partial charge in [0, 0.05) is 37.1 Å². The summed E-state index contributed by atoms with van der Waals surface area (Å²) in [4.78, 5) is 69.9. The molecule has 5 aliphatic heterocycles. The number of H-pyrrole nitrogens is 1. The third-order valence-electron chi connectivity index (χ3n) is 13.2. The highest BCUT2D eigenvalue weighted by atomic mass is 16.5. The Morgan fingerprint density at radius 1 is 0.705 bits per heavy atom. The van der Waals surface area contributed by atoms with E-state index in [9.17, 15) is 19.2 Å². The number of likely N-dealkylation sites (tertiary alicyclic amines) is 2. The van der Waals surface area contributed by atoms with Crippen molar-refractivity contribution in [3.05, 3.63) is 102 Å². The number of aromatic amines is 1. The molecule has 3 N–H and O–H groups in total. The van der Waals surface area contributed by atoms with Crippen molar-refractivity contribution in [3.63, 3.8) is 0 Å². The summed E-state index contributed by atoms with van der Waals surface area (Å²) in [5, 5.41) is 5.22. The SMILES string of the molecule is COC(=O)N[C@@H](C)C(=O)N1CCC[C@H]1C1=NC=C(c2ccc(-c3ccc(-c4cnc([C@@H]5CCCN5C(=O)[C@H](C)NC(=O)OC)[nH]4)cc3)c3c2C2CCC3N2c2ccccc2)C1. The number of ether oxygens (including phenoxy) is 2. The highest BCUT2D eigenvalue weighted by Crippen LogP contribution is 2.59. The third-order valence-corrected chi connectivity index (χ3v) is 13.2. The number of aromatic nitrogens is 2. The fourth-order valence-electron chi connectivity index (χ4n) is 10.3. The lowest BCUT2D eigenvalue weighted by Crippen LogP contribution is -2.50. The van der Waals surface area contributed by atoms with Crippen LogP contribution in [0.2, 0.25) is 0 Å². The Kier molecular flexibility index (Phi) is 10.8. The zero-order valence-corrected chi connectivity index (χ0v) is 35.0. The summed E-state index contributed by atoms with van der Waals surface area (Å²) in [6, 6.07) is 22.6. The number of benzene rings is 3. The molecule has 1 aromatic heterocycles. The lowest BCUT2D eigenvalue weighted by molar-refractivity contribution is -0.134. The van der Waals surface area contributed by atoms with Crippen molar-refractivity contribution in [3.8, 4) is 22.4 Å². The molecule has 0 spiro atoms. The number of carbonyl (C=O) groups excluding carboxylic acids is 4.